The van der Waals surface area contributed by atoms with Gasteiger partial charge >= 0.3 is 5.69 Å². The van der Waals surface area contributed by atoms with E-state index in [0.717, 1.165) is 37.4 Å². The normalized spacial score (nSPS) is 16.5. The van der Waals surface area contributed by atoms with E-state index in [1.54, 1.807) is 7.05 Å². The summed E-state index contributed by atoms with van der Waals surface area (Å²) >= 11 is 0. The summed E-state index contributed by atoms with van der Waals surface area (Å²) in [6.07, 6.45) is 0. The minimum atomic E-state index is -0.307. The van der Waals surface area contributed by atoms with E-state index in [0.29, 0.717) is 12.2 Å². The van der Waals surface area contributed by atoms with Crippen molar-refractivity contribution in [3.8, 4) is 0 Å². The molecule has 2 heterocycles. The van der Waals surface area contributed by atoms with Crippen LogP contribution in [0.2, 0.25) is 0 Å². The Morgan fingerprint density at radius 2 is 1.77 bits per heavy atom. The van der Waals surface area contributed by atoms with Gasteiger partial charge in [-0.05, 0) is 5.56 Å². The molecular weight excluding hydrogens is 332 g/mol. The molecule has 1 aliphatic heterocycles. The molecule has 1 atom stereocenters. The zero-order chi connectivity index (χ0) is 18.5. The quantitative estimate of drug-likeness (QED) is 0.802. The van der Waals surface area contributed by atoms with Gasteiger partial charge in [-0.3, -0.25) is 18.8 Å². The van der Waals surface area contributed by atoms with E-state index in [1.807, 2.05) is 18.2 Å². The lowest BCUT2D eigenvalue weighted by Gasteiger charge is -2.31. The summed E-state index contributed by atoms with van der Waals surface area (Å²) in [5, 5.41) is 3.52. The van der Waals surface area contributed by atoms with Gasteiger partial charge in [0.05, 0.1) is 13.2 Å². The highest BCUT2D eigenvalue weighted by Gasteiger charge is 2.18. The summed E-state index contributed by atoms with van der Waals surface area (Å²) in [6.45, 7) is 4.64. The predicted molar refractivity (Wildman–Crippen MR) is 100 cm³/mol. The molecule has 0 unspecified atom stereocenters. The van der Waals surface area contributed by atoms with Gasteiger partial charge in [0, 0.05) is 58.1 Å². The minimum absolute atomic E-state index is 0.105. The van der Waals surface area contributed by atoms with Gasteiger partial charge in [0.2, 0.25) is 0 Å². The van der Waals surface area contributed by atoms with Crippen LogP contribution in [-0.2, 0) is 25.4 Å². The van der Waals surface area contributed by atoms with Gasteiger partial charge < -0.3 is 10.1 Å². The zero-order valence-electron chi connectivity index (χ0n) is 15.4. The van der Waals surface area contributed by atoms with Crippen molar-refractivity contribution < 1.29 is 4.74 Å². The Bertz CT molecular complexity index is 838. The Morgan fingerprint density at radius 3 is 2.46 bits per heavy atom. The Hall–Kier alpha value is -2.22. The van der Waals surface area contributed by atoms with Crippen LogP contribution in [0.25, 0.3) is 0 Å². The zero-order valence-corrected chi connectivity index (χ0v) is 15.4. The standard InChI is InChI=1S/C19H26N4O3/c1-21-16(12-18(24)22(2)19(21)25)13-20-17(15-6-4-3-5-7-15)14-23-8-10-26-11-9-23/h3-7,12,17,20H,8-11,13-14H2,1-2H3/t17-/m1/s1. The molecule has 7 heteroatoms. The van der Waals surface area contributed by atoms with Gasteiger partial charge in [-0.2, -0.15) is 0 Å². The van der Waals surface area contributed by atoms with Gasteiger partial charge in [-0.25, -0.2) is 4.79 Å². The van der Waals surface area contributed by atoms with Crippen molar-refractivity contribution >= 4 is 0 Å². The lowest BCUT2D eigenvalue weighted by atomic mass is 10.1. The van der Waals surface area contributed by atoms with Crippen LogP contribution in [0.1, 0.15) is 17.3 Å². The first-order valence-electron chi connectivity index (χ1n) is 8.90. The number of benzene rings is 1. The van der Waals surface area contributed by atoms with E-state index >= 15 is 0 Å². The van der Waals surface area contributed by atoms with Gasteiger partial charge in [-0.15, -0.1) is 0 Å². The number of hydrogen-bond donors (Lipinski definition) is 1. The predicted octanol–water partition coefficient (Wildman–Crippen LogP) is 0.247. The largest absolute Gasteiger partial charge is 0.379 e. The molecule has 1 aromatic heterocycles. The van der Waals surface area contributed by atoms with Crippen LogP contribution in [-0.4, -0.2) is 46.9 Å². The van der Waals surface area contributed by atoms with E-state index in [9.17, 15) is 9.59 Å². The lowest BCUT2D eigenvalue weighted by Crippen LogP contribution is -2.43. The molecule has 3 rings (SSSR count). The Kier molecular flexibility index (Phi) is 6.03. The molecule has 1 saturated heterocycles. The molecule has 0 bridgehead atoms. The molecule has 0 radical (unpaired) electrons. The summed E-state index contributed by atoms with van der Waals surface area (Å²) in [4.78, 5) is 26.4. The molecule has 7 nitrogen and oxygen atoms in total. The lowest BCUT2D eigenvalue weighted by molar-refractivity contribution is 0.0333. The average molecular weight is 358 g/mol. The fraction of sp³-hybridized carbons (Fsp3) is 0.474. The van der Waals surface area contributed by atoms with Gasteiger partial charge in [0.15, 0.2) is 0 Å². The molecule has 0 saturated carbocycles. The third-order valence-electron chi connectivity index (χ3n) is 4.90. The minimum Gasteiger partial charge on any atom is -0.379 e. The third-order valence-corrected chi connectivity index (χ3v) is 4.90. The highest BCUT2D eigenvalue weighted by molar-refractivity contribution is 5.19. The first-order valence-corrected chi connectivity index (χ1v) is 8.90. The second kappa shape index (κ2) is 8.44. The van der Waals surface area contributed by atoms with Crippen LogP contribution in [0.3, 0.4) is 0 Å². The van der Waals surface area contributed by atoms with Crippen molar-refractivity contribution in [2.45, 2.75) is 12.6 Å². The van der Waals surface area contributed by atoms with Crippen molar-refractivity contribution in [3.05, 3.63) is 68.5 Å². The van der Waals surface area contributed by atoms with Crippen LogP contribution >= 0.6 is 0 Å². The molecule has 1 aliphatic rings. The molecule has 2 aromatic rings. The average Bonchev–Trinajstić information content (AvgIpc) is 2.68. The molecule has 140 valence electrons. The Morgan fingerprint density at radius 1 is 1.08 bits per heavy atom. The molecule has 1 aromatic carbocycles. The summed E-state index contributed by atoms with van der Waals surface area (Å²) < 4.78 is 8.07. The Balaban J connectivity index is 1.78. The van der Waals surface area contributed by atoms with E-state index in [2.05, 4.69) is 22.3 Å². The smallest absolute Gasteiger partial charge is 0.330 e. The SMILES string of the molecule is Cn1c(CN[C@H](CN2CCOCC2)c2ccccc2)cc(=O)n(C)c1=O. The summed E-state index contributed by atoms with van der Waals surface area (Å²) in [6, 6.07) is 11.9. The van der Waals surface area contributed by atoms with Crippen molar-refractivity contribution in [1.29, 1.82) is 0 Å². The molecule has 0 spiro atoms. The number of nitrogens with one attached hydrogen (secondary N) is 1. The number of morpholine rings is 1. The van der Waals surface area contributed by atoms with E-state index in [1.165, 1.54) is 23.2 Å². The fourth-order valence-corrected chi connectivity index (χ4v) is 3.19. The number of aromatic nitrogens is 2. The molecule has 0 amide bonds. The highest BCUT2D eigenvalue weighted by Crippen LogP contribution is 2.15. The summed E-state index contributed by atoms with van der Waals surface area (Å²) in [7, 11) is 3.19. The monoisotopic (exact) mass is 358 g/mol. The molecule has 0 aliphatic carbocycles. The highest BCUT2D eigenvalue weighted by atomic mass is 16.5. The van der Waals surface area contributed by atoms with Crippen LogP contribution in [0, 0.1) is 0 Å². The van der Waals surface area contributed by atoms with E-state index in [4.69, 9.17) is 4.74 Å². The van der Waals surface area contributed by atoms with E-state index in [-0.39, 0.29) is 17.3 Å². The number of hydrogen-bond acceptors (Lipinski definition) is 5. The molecule has 26 heavy (non-hydrogen) atoms. The maximum atomic E-state index is 12.1. The molecule has 1 N–H and O–H groups in total. The first-order chi connectivity index (χ1) is 12.6. The maximum Gasteiger partial charge on any atom is 0.330 e. The van der Waals surface area contributed by atoms with Gasteiger partial charge in [0.25, 0.3) is 5.56 Å². The summed E-state index contributed by atoms with van der Waals surface area (Å²) in [5.41, 5.74) is 1.28. The first kappa shape index (κ1) is 18.6. The number of nitrogens with zero attached hydrogens (tertiary/aromatic N) is 3. The second-order valence-electron chi connectivity index (χ2n) is 6.63. The molecular formula is C19H26N4O3. The van der Waals surface area contributed by atoms with Gasteiger partial charge in [-0.1, -0.05) is 30.3 Å². The number of ether oxygens (including phenoxy) is 1. The van der Waals surface area contributed by atoms with Crippen LogP contribution in [0.4, 0.5) is 0 Å². The van der Waals surface area contributed by atoms with Crippen molar-refractivity contribution in [3.63, 3.8) is 0 Å². The van der Waals surface area contributed by atoms with E-state index < -0.39 is 0 Å². The summed E-state index contributed by atoms with van der Waals surface area (Å²) in [5.74, 6) is 0. The van der Waals surface area contributed by atoms with Crippen molar-refractivity contribution in [2.75, 3.05) is 32.8 Å². The Labute approximate surface area is 152 Å². The fourth-order valence-electron chi connectivity index (χ4n) is 3.19. The number of rotatable bonds is 6. The van der Waals surface area contributed by atoms with Crippen LogP contribution in [0.5, 0.6) is 0 Å². The van der Waals surface area contributed by atoms with Crippen LogP contribution in [0.15, 0.2) is 46.0 Å². The third kappa shape index (κ3) is 4.30. The maximum absolute atomic E-state index is 12.1. The second-order valence-corrected chi connectivity index (χ2v) is 6.63. The van der Waals surface area contributed by atoms with Gasteiger partial charge in [0.1, 0.15) is 0 Å². The van der Waals surface area contributed by atoms with Crippen molar-refractivity contribution in [1.82, 2.24) is 19.4 Å². The van der Waals surface area contributed by atoms with Crippen LogP contribution < -0.4 is 16.6 Å². The van der Waals surface area contributed by atoms with Crippen molar-refractivity contribution in [2.24, 2.45) is 14.1 Å². The topological polar surface area (TPSA) is 68.5 Å². The molecule has 1 fully saturated rings.